The summed E-state index contributed by atoms with van der Waals surface area (Å²) < 4.78 is 6.84. The molecular formula is C14H19BrClNO. The number of ether oxygens (including phenoxy) is 1. The van der Waals surface area contributed by atoms with E-state index in [0.29, 0.717) is 17.8 Å². The minimum absolute atomic E-state index is 0.401. The maximum atomic E-state index is 5.88. The summed E-state index contributed by atoms with van der Waals surface area (Å²) in [5.41, 5.74) is 2.53. The summed E-state index contributed by atoms with van der Waals surface area (Å²) in [6.45, 7) is 5.95. The standard InChI is InChI=1S/C14H19BrClNO/c1-9(7-16)10(2)17-8-12-6-13(15)5-11-3-4-18-14(11)12/h5-6,9-10,17H,3-4,7-8H2,1-2H3. The number of hydrogen-bond acceptors (Lipinski definition) is 2. The number of halogens is 2. The van der Waals surface area contributed by atoms with Gasteiger partial charge in [0.05, 0.1) is 6.61 Å². The Bertz CT molecular complexity index is 425. The molecule has 0 bridgehead atoms. The highest BCUT2D eigenvalue weighted by Gasteiger charge is 2.18. The van der Waals surface area contributed by atoms with Crippen molar-refractivity contribution in [3.05, 3.63) is 27.7 Å². The summed E-state index contributed by atoms with van der Waals surface area (Å²) in [6, 6.07) is 4.69. The Balaban J connectivity index is 2.06. The van der Waals surface area contributed by atoms with E-state index in [4.69, 9.17) is 16.3 Å². The predicted octanol–water partition coefficient (Wildman–Crippen LogP) is 3.74. The summed E-state index contributed by atoms with van der Waals surface area (Å²) in [5, 5.41) is 3.52. The molecule has 0 aromatic heterocycles. The first-order valence-electron chi connectivity index (χ1n) is 6.35. The molecule has 1 heterocycles. The molecule has 2 rings (SSSR count). The maximum absolute atomic E-state index is 5.88. The smallest absolute Gasteiger partial charge is 0.127 e. The lowest BCUT2D eigenvalue weighted by Gasteiger charge is -2.20. The molecule has 2 unspecified atom stereocenters. The van der Waals surface area contributed by atoms with E-state index in [1.807, 2.05) is 0 Å². The van der Waals surface area contributed by atoms with Gasteiger partial charge in [-0.1, -0.05) is 22.9 Å². The van der Waals surface area contributed by atoms with E-state index in [-0.39, 0.29) is 0 Å². The highest BCUT2D eigenvalue weighted by atomic mass is 79.9. The number of rotatable bonds is 5. The SMILES string of the molecule is CC(CCl)C(C)NCc1cc(Br)cc2c1OCC2. The van der Waals surface area contributed by atoms with Crippen molar-refractivity contribution >= 4 is 27.5 Å². The van der Waals surface area contributed by atoms with Crippen LogP contribution in [0.2, 0.25) is 0 Å². The number of hydrogen-bond donors (Lipinski definition) is 1. The van der Waals surface area contributed by atoms with Crippen molar-refractivity contribution in [2.75, 3.05) is 12.5 Å². The fraction of sp³-hybridized carbons (Fsp3) is 0.571. The van der Waals surface area contributed by atoms with Crippen molar-refractivity contribution < 1.29 is 4.74 Å². The number of alkyl halides is 1. The predicted molar refractivity (Wildman–Crippen MR) is 79.5 cm³/mol. The maximum Gasteiger partial charge on any atom is 0.127 e. The number of nitrogens with one attached hydrogen (secondary N) is 1. The van der Waals surface area contributed by atoms with Gasteiger partial charge in [-0.05, 0) is 30.5 Å². The average Bonchev–Trinajstić information content (AvgIpc) is 2.82. The summed E-state index contributed by atoms with van der Waals surface area (Å²) in [7, 11) is 0. The molecule has 1 aliphatic rings. The van der Waals surface area contributed by atoms with Gasteiger partial charge >= 0.3 is 0 Å². The first-order valence-corrected chi connectivity index (χ1v) is 7.68. The van der Waals surface area contributed by atoms with Gasteiger partial charge in [0, 0.05) is 34.9 Å². The second kappa shape index (κ2) is 6.27. The van der Waals surface area contributed by atoms with Crippen LogP contribution < -0.4 is 10.1 Å². The molecule has 0 aliphatic carbocycles. The van der Waals surface area contributed by atoms with E-state index in [0.717, 1.165) is 29.8 Å². The molecule has 1 aromatic rings. The van der Waals surface area contributed by atoms with Gasteiger partial charge in [-0.25, -0.2) is 0 Å². The molecule has 0 radical (unpaired) electrons. The van der Waals surface area contributed by atoms with Gasteiger partial charge in [0.1, 0.15) is 5.75 Å². The molecular weight excluding hydrogens is 314 g/mol. The van der Waals surface area contributed by atoms with Crippen LogP contribution in [-0.4, -0.2) is 18.5 Å². The van der Waals surface area contributed by atoms with Crippen molar-refractivity contribution in [1.82, 2.24) is 5.32 Å². The van der Waals surface area contributed by atoms with Gasteiger partial charge in [0.15, 0.2) is 0 Å². The second-order valence-electron chi connectivity index (χ2n) is 4.95. The van der Waals surface area contributed by atoms with Crippen LogP contribution in [0.1, 0.15) is 25.0 Å². The summed E-state index contributed by atoms with van der Waals surface area (Å²) in [4.78, 5) is 0. The van der Waals surface area contributed by atoms with Crippen molar-refractivity contribution in [3.8, 4) is 5.75 Å². The van der Waals surface area contributed by atoms with Gasteiger partial charge < -0.3 is 10.1 Å². The lowest BCUT2D eigenvalue weighted by Crippen LogP contribution is -2.32. The third-order valence-corrected chi connectivity index (χ3v) is 4.48. The molecule has 0 saturated heterocycles. The Morgan fingerprint density at radius 3 is 2.94 bits per heavy atom. The molecule has 18 heavy (non-hydrogen) atoms. The molecule has 1 N–H and O–H groups in total. The Morgan fingerprint density at radius 2 is 2.22 bits per heavy atom. The molecule has 0 fully saturated rings. The fourth-order valence-corrected chi connectivity index (χ4v) is 2.90. The zero-order valence-corrected chi connectivity index (χ0v) is 13.1. The minimum atomic E-state index is 0.401. The van der Waals surface area contributed by atoms with Gasteiger partial charge in [-0.2, -0.15) is 0 Å². The topological polar surface area (TPSA) is 21.3 Å². The molecule has 2 atom stereocenters. The highest BCUT2D eigenvalue weighted by Crippen LogP contribution is 2.33. The second-order valence-corrected chi connectivity index (χ2v) is 6.18. The van der Waals surface area contributed by atoms with Crippen LogP contribution in [0.4, 0.5) is 0 Å². The zero-order chi connectivity index (χ0) is 13.1. The lowest BCUT2D eigenvalue weighted by atomic mass is 10.0. The normalized spacial score (nSPS) is 17.1. The molecule has 0 spiro atoms. The summed E-state index contributed by atoms with van der Waals surface area (Å²) >= 11 is 9.44. The molecule has 4 heteroatoms. The van der Waals surface area contributed by atoms with Crippen LogP contribution in [-0.2, 0) is 13.0 Å². The van der Waals surface area contributed by atoms with Gasteiger partial charge in [-0.15, -0.1) is 11.6 Å². The largest absolute Gasteiger partial charge is 0.493 e. The van der Waals surface area contributed by atoms with E-state index in [1.54, 1.807) is 0 Å². The van der Waals surface area contributed by atoms with Crippen molar-refractivity contribution in [2.24, 2.45) is 5.92 Å². The van der Waals surface area contributed by atoms with E-state index in [9.17, 15) is 0 Å². The Morgan fingerprint density at radius 1 is 1.44 bits per heavy atom. The Labute approximate surface area is 122 Å². The molecule has 2 nitrogen and oxygen atoms in total. The fourth-order valence-electron chi connectivity index (χ4n) is 2.08. The van der Waals surface area contributed by atoms with Gasteiger partial charge in [0.25, 0.3) is 0 Å². The van der Waals surface area contributed by atoms with Gasteiger partial charge in [0.2, 0.25) is 0 Å². The van der Waals surface area contributed by atoms with E-state index < -0.39 is 0 Å². The molecule has 1 aromatic carbocycles. The molecule has 100 valence electrons. The van der Waals surface area contributed by atoms with Crippen LogP contribution in [0.25, 0.3) is 0 Å². The van der Waals surface area contributed by atoms with Crippen molar-refractivity contribution in [2.45, 2.75) is 32.9 Å². The van der Waals surface area contributed by atoms with Crippen LogP contribution >= 0.6 is 27.5 Å². The molecule has 1 aliphatic heterocycles. The van der Waals surface area contributed by atoms with Crippen LogP contribution in [0.5, 0.6) is 5.75 Å². The van der Waals surface area contributed by atoms with Crippen LogP contribution in [0, 0.1) is 5.92 Å². The summed E-state index contributed by atoms with van der Waals surface area (Å²) in [6.07, 6.45) is 1.01. The van der Waals surface area contributed by atoms with Crippen LogP contribution in [0.3, 0.4) is 0 Å². The third-order valence-electron chi connectivity index (χ3n) is 3.54. The Kier molecular flexibility index (Phi) is 4.93. The Hall–Kier alpha value is -0.250. The third kappa shape index (κ3) is 3.19. The quantitative estimate of drug-likeness (QED) is 0.829. The molecule has 0 saturated carbocycles. The van der Waals surface area contributed by atoms with E-state index >= 15 is 0 Å². The monoisotopic (exact) mass is 331 g/mol. The van der Waals surface area contributed by atoms with E-state index in [1.165, 1.54) is 11.1 Å². The number of fused-ring (bicyclic) bond motifs is 1. The van der Waals surface area contributed by atoms with Crippen molar-refractivity contribution in [1.29, 1.82) is 0 Å². The highest BCUT2D eigenvalue weighted by molar-refractivity contribution is 9.10. The van der Waals surface area contributed by atoms with Gasteiger partial charge in [-0.3, -0.25) is 0 Å². The first kappa shape index (κ1) is 14.2. The summed E-state index contributed by atoms with van der Waals surface area (Å²) in [5.74, 6) is 2.21. The lowest BCUT2D eigenvalue weighted by molar-refractivity contribution is 0.349. The number of benzene rings is 1. The zero-order valence-electron chi connectivity index (χ0n) is 10.8. The first-order chi connectivity index (χ1) is 8.61. The minimum Gasteiger partial charge on any atom is -0.493 e. The van der Waals surface area contributed by atoms with Crippen LogP contribution in [0.15, 0.2) is 16.6 Å². The van der Waals surface area contributed by atoms with Crippen molar-refractivity contribution in [3.63, 3.8) is 0 Å². The van der Waals surface area contributed by atoms with E-state index in [2.05, 4.69) is 47.2 Å². The average molecular weight is 333 g/mol. The molecule has 0 amide bonds.